The Balaban J connectivity index is 1.55. The number of piperidine rings is 1. The summed E-state index contributed by atoms with van der Waals surface area (Å²) in [6.45, 7) is 2.60. The third-order valence-corrected chi connectivity index (χ3v) is 10.3. The van der Waals surface area contributed by atoms with E-state index in [1.165, 1.54) is 27.0 Å². The summed E-state index contributed by atoms with van der Waals surface area (Å²) in [4.78, 5) is 24.7. The minimum Gasteiger partial charge on any atom is -0.282 e. The number of aromatic nitrogens is 2. The van der Waals surface area contributed by atoms with Crippen LogP contribution in [-0.4, -0.2) is 41.2 Å². The molecule has 1 aliphatic heterocycles. The highest BCUT2D eigenvalue weighted by Crippen LogP contribution is 2.34. The van der Waals surface area contributed by atoms with Gasteiger partial charge in [0.05, 0.1) is 16.8 Å². The van der Waals surface area contributed by atoms with Crippen LogP contribution >= 0.6 is 22.7 Å². The molecule has 0 radical (unpaired) electrons. The molecule has 5 rings (SSSR count). The SMILES string of the molecule is Cc1cccc2sc(N(Cc3cccnc3)C(=O)C3CCCCN3S(=O)(=O)c3cccs3)nc12. The number of thiazole rings is 1. The minimum absolute atomic E-state index is 0.250. The Hall–Kier alpha value is -2.66. The molecule has 34 heavy (non-hydrogen) atoms. The van der Waals surface area contributed by atoms with E-state index in [0.717, 1.165) is 34.2 Å². The number of thiophene rings is 1. The topological polar surface area (TPSA) is 83.5 Å². The molecule has 1 atom stereocenters. The first kappa shape index (κ1) is 23.1. The summed E-state index contributed by atoms with van der Waals surface area (Å²) < 4.78 is 29.5. The van der Waals surface area contributed by atoms with Gasteiger partial charge >= 0.3 is 0 Å². The number of nitrogens with zero attached hydrogens (tertiary/aromatic N) is 4. The summed E-state index contributed by atoms with van der Waals surface area (Å²) >= 11 is 2.62. The molecule has 1 saturated heterocycles. The van der Waals surface area contributed by atoms with E-state index >= 15 is 0 Å². The van der Waals surface area contributed by atoms with E-state index in [1.807, 2.05) is 37.3 Å². The summed E-state index contributed by atoms with van der Waals surface area (Å²) in [5.74, 6) is -0.250. The van der Waals surface area contributed by atoms with Gasteiger partial charge < -0.3 is 0 Å². The Bertz CT molecular complexity index is 1400. The summed E-state index contributed by atoms with van der Waals surface area (Å²) in [5, 5.41) is 2.31. The molecule has 10 heteroatoms. The van der Waals surface area contributed by atoms with E-state index in [-0.39, 0.29) is 16.7 Å². The number of hydrogen-bond donors (Lipinski definition) is 0. The molecule has 0 bridgehead atoms. The van der Waals surface area contributed by atoms with Crippen molar-refractivity contribution >= 4 is 54.0 Å². The van der Waals surface area contributed by atoms with Gasteiger partial charge in [0.15, 0.2) is 5.13 Å². The van der Waals surface area contributed by atoms with Gasteiger partial charge in [0.2, 0.25) is 5.91 Å². The monoisotopic (exact) mass is 512 g/mol. The van der Waals surface area contributed by atoms with E-state index in [1.54, 1.807) is 34.8 Å². The maximum absolute atomic E-state index is 14.1. The summed E-state index contributed by atoms with van der Waals surface area (Å²) in [6, 6.07) is 12.2. The van der Waals surface area contributed by atoms with Crippen molar-refractivity contribution in [3.63, 3.8) is 0 Å². The largest absolute Gasteiger partial charge is 0.282 e. The molecule has 176 valence electrons. The second-order valence-electron chi connectivity index (χ2n) is 8.26. The van der Waals surface area contributed by atoms with Crippen molar-refractivity contribution in [1.82, 2.24) is 14.3 Å². The number of anilines is 1. The number of amides is 1. The fourth-order valence-electron chi connectivity index (χ4n) is 4.25. The van der Waals surface area contributed by atoms with Gasteiger partial charge in [-0.25, -0.2) is 13.4 Å². The Labute approximate surface area is 206 Å². The second-order valence-corrected chi connectivity index (χ2v) is 12.3. The van der Waals surface area contributed by atoms with Gasteiger partial charge in [-0.3, -0.25) is 14.7 Å². The smallest absolute Gasteiger partial charge is 0.253 e. The van der Waals surface area contributed by atoms with E-state index < -0.39 is 16.1 Å². The zero-order valence-electron chi connectivity index (χ0n) is 18.6. The van der Waals surface area contributed by atoms with Crippen LogP contribution in [0, 0.1) is 6.92 Å². The molecule has 1 amide bonds. The van der Waals surface area contributed by atoms with Crippen molar-refractivity contribution in [1.29, 1.82) is 0 Å². The summed E-state index contributed by atoms with van der Waals surface area (Å²) in [6.07, 6.45) is 5.42. The lowest BCUT2D eigenvalue weighted by Gasteiger charge is -2.35. The third kappa shape index (κ3) is 4.38. The molecule has 0 spiro atoms. The van der Waals surface area contributed by atoms with Crippen molar-refractivity contribution in [2.24, 2.45) is 0 Å². The van der Waals surface area contributed by atoms with Crippen LogP contribution in [-0.2, 0) is 21.4 Å². The lowest BCUT2D eigenvalue weighted by atomic mass is 10.0. The number of benzene rings is 1. The predicted molar refractivity (Wildman–Crippen MR) is 136 cm³/mol. The molecule has 7 nitrogen and oxygen atoms in total. The van der Waals surface area contributed by atoms with Crippen LogP contribution in [0.15, 0.2) is 64.4 Å². The molecule has 1 fully saturated rings. The van der Waals surface area contributed by atoms with Crippen LogP contribution in [0.1, 0.15) is 30.4 Å². The molecule has 1 aliphatic rings. The van der Waals surface area contributed by atoms with Crippen molar-refractivity contribution < 1.29 is 13.2 Å². The van der Waals surface area contributed by atoms with Gasteiger partial charge in [0.25, 0.3) is 10.0 Å². The number of aryl methyl sites for hydroxylation is 1. The zero-order chi connectivity index (χ0) is 23.7. The maximum atomic E-state index is 14.1. The molecule has 1 unspecified atom stereocenters. The number of pyridine rings is 1. The normalized spacial score (nSPS) is 17.1. The number of fused-ring (bicyclic) bond motifs is 1. The van der Waals surface area contributed by atoms with Gasteiger partial charge in [-0.2, -0.15) is 4.31 Å². The van der Waals surface area contributed by atoms with Crippen LogP contribution in [0.3, 0.4) is 0 Å². The average molecular weight is 513 g/mol. The highest BCUT2D eigenvalue weighted by atomic mass is 32.2. The minimum atomic E-state index is -3.76. The molecule has 4 heterocycles. The highest BCUT2D eigenvalue weighted by molar-refractivity contribution is 7.91. The maximum Gasteiger partial charge on any atom is 0.253 e. The number of rotatable bonds is 6. The van der Waals surface area contributed by atoms with Crippen molar-refractivity contribution in [2.75, 3.05) is 11.4 Å². The summed E-state index contributed by atoms with van der Waals surface area (Å²) in [5.41, 5.74) is 2.75. The number of carbonyl (C=O) groups excluding carboxylic acids is 1. The molecular weight excluding hydrogens is 488 g/mol. The fraction of sp³-hybridized carbons (Fsp3) is 0.292. The number of para-hydroxylation sites is 1. The number of sulfonamides is 1. The molecular formula is C24H24N4O3S3. The van der Waals surface area contributed by atoms with E-state index in [9.17, 15) is 13.2 Å². The second kappa shape index (κ2) is 9.53. The first-order valence-corrected chi connectivity index (χ1v) is 14.2. The number of carbonyl (C=O) groups is 1. The Morgan fingerprint density at radius 1 is 1.18 bits per heavy atom. The van der Waals surface area contributed by atoms with E-state index in [0.29, 0.717) is 18.1 Å². The first-order chi connectivity index (χ1) is 16.4. The van der Waals surface area contributed by atoms with Crippen molar-refractivity contribution in [3.05, 3.63) is 71.4 Å². The first-order valence-electron chi connectivity index (χ1n) is 11.1. The average Bonchev–Trinajstić information content (AvgIpc) is 3.54. The summed E-state index contributed by atoms with van der Waals surface area (Å²) in [7, 11) is -3.76. The van der Waals surface area contributed by atoms with Crippen LogP contribution in [0.25, 0.3) is 10.2 Å². The van der Waals surface area contributed by atoms with Crippen LogP contribution in [0.4, 0.5) is 5.13 Å². The van der Waals surface area contributed by atoms with Crippen molar-refractivity contribution in [3.8, 4) is 0 Å². The van der Waals surface area contributed by atoms with Crippen LogP contribution in [0.2, 0.25) is 0 Å². The van der Waals surface area contributed by atoms with Crippen molar-refractivity contribution in [2.45, 2.75) is 43.0 Å². The molecule has 3 aromatic heterocycles. The van der Waals surface area contributed by atoms with Gasteiger partial charge in [0, 0.05) is 18.9 Å². The molecule has 0 aliphatic carbocycles. The van der Waals surface area contributed by atoms with Gasteiger partial charge in [-0.15, -0.1) is 11.3 Å². The van der Waals surface area contributed by atoms with E-state index in [4.69, 9.17) is 4.98 Å². The lowest BCUT2D eigenvalue weighted by Crippen LogP contribution is -2.52. The zero-order valence-corrected chi connectivity index (χ0v) is 21.1. The Kier molecular flexibility index (Phi) is 6.48. The standard InChI is InChI=1S/C24H24N4O3S3/c1-17-7-4-10-20-22(17)26-24(33-20)27(16-18-8-5-12-25-15-18)23(29)19-9-2-3-13-28(19)34(30,31)21-11-6-14-32-21/h4-8,10-12,14-15,19H,2-3,9,13,16H2,1H3. The van der Waals surface area contributed by atoms with Crippen LogP contribution in [0.5, 0.6) is 0 Å². The molecule has 0 saturated carbocycles. The van der Waals surface area contributed by atoms with Crippen LogP contribution < -0.4 is 4.90 Å². The van der Waals surface area contributed by atoms with E-state index in [2.05, 4.69) is 4.98 Å². The molecule has 4 aromatic rings. The third-order valence-electron chi connectivity index (χ3n) is 5.97. The highest BCUT2D eigenvalue weighted by Gasteiger charge is 2.40. The lowest BCUT2D eigenvalue weighted by molar-refractivity contribution is -0.123. The predicted octanol–water partition coefficient (Wildman–Crippen LogP) is 4.84. The molecule has 1 aromatic carbocycles. The van der Waals surface area contributed by atoms with Gasteiger partial charge in [-0.1, -0.05) is 42.0 Å². The Morgan fingerprint density at radius 3 is 2.79 bits per heavy atom. The number of hydrogen-bond acceptors (Lipinski definition) is 7. The fourth-order valence-corrected chi connectivity index (χ4v) is 8.07. The quantitative estimate of drug-likeness (QED) is 0.369. The van der Waals surface area contributed by atoms with Gasteiger partial charge in [0.1, 0.15) is 10.3 Å². The van der Waals surface area contributed by atoms with Gasteiger partial charge in [-0.05, 0) is 54.5 Å². The molecule has 0 N–H and O–H groups in total. The Morgan fingerprint density at radius 2 is 2.06 bits per heavy atom.